The van der Waals surface area contributed by atoms with Gasteiger partial charge in [-0.3, -0.25) is 0 Å². The van der Waals surface area contributed by atoms with Gasteiger partial charge in [0.2, 0.25) is 5.92 Å². The van der Waals surface area contributed by atoms with Crippen molar-refractivity contribution in [3.63, 3.8) is 0 Å². The monoisotopic (exact) mass is 293 g/mol. The quantitative estimate of drug-likeness (QED) is 0.868. The van der Waals surface area contributed by atoms with Gasteiger partial charge in [0.25, 0.3) is 0 Å². The predicted octanol–water partition coefficient (Wildman–Crippen LogP) is 2.64. The van der Waals surface area contributed by atoms with E-state index in [2.05, 4.69) is 10.2 Å². The van der Waals surface area contributed by atoms with E-state index in [1.54, 1.807) is 0 Å². The van der Waals surface area contributed by atoms with Crippen molar-refractivity contribution in [2.45, 2.75) is 31.1 Å². The smallest absolute Gasteiger partial charge is 0.330 e. The Morgan fingerprint density at radius 3 is 2.06 bits per heavy atom. The first-order valence-corrected chi connectivity index (χ1v) is 5.63. The number of aryl methyl sites for hydroxylation is 1. The highest BCUT2D eigenvalue weighted by atomic mass is 32.1. The van der Waals surface area contributed by atoms with Gasteiger partial charge in [0.1, 0.15) is 10.0 Å². The molecular formula is C8H9F6N3S. The summed E-state index contributed by atoms with van der Waals surface area (Å²) in [4.78, 5) is 0. The third kappa shape index (κ3) is 3.80. The van der Waals surface area contributed by atoms with E-state index in [-0.39, 0.29) is 18.0 Å². The lowest BCUT2D eigenvalue weighted by Crippen LogP contribution is -2.34. The van der Waals surface area contributed by atoms with Crippen LogP contribution in [-0.2, 0) is 6.42 Å². The zero-order valence-corrected chi connectivity index (χ0v) is 9.66. The second-order valence-corrected chi connectivity index (χ2v) is 4.54. The molecule has 0 fully saturated rings. The van der Waals surface area contributed by atoms with E-state index in [1.807, 2.05) is 0 Å². The molecule has 10 heteroatoms. The first-order valence-electron chi connectivity index (χ1n) is 4.82. The van der Waals surface area contributed by atoms with E-state index in [0.717, 1.165) is 0 Å². The van der Waals surface area contributed by atoms with Gasteiger partial charge in [-0.2, -0.15) is 26.3 Å². The molecule has 0 bridgehead atoms. The minimum atomic E-state index is -5.43. The van der Waals surface area contributed by atoms with Crippen LogP contribution in [0.25, 0.3) is 0 Å². The van der Waals surface area contributed by atoms with Gasteiger partial charge in [0.05, 0.1) is 0 Å². The van der Waals surface area contributed by atoms with Crippen molar-refractivity contribution >= 4 is 11.3 Å². The molecule has 1 heterocycles. The van der Waals surface area contributed by atoms with Crippen molar-refractivity contribution in [3.8, 4) is 0 Å². The third-order valence-electron chi connectivity index (χ3n) is 1.98. The van der Waals surface area contributed by atoms with Gasteiger partial charge in [0.15, 0.2) is 0 Å². The van der Waals surface area contributed by atoms with Gasteiger partial charge in [-0.25, -0.2) is 0 Å². The van der Waals surface area contributed by atoms with Gasteiger partial charge in [-0.15, -0.1) is 21.5 Å². The van der Waals surface area contributed by atoms with Crippen LogP contribution in [0.4, 0.5) is 26.3 Å². The number of aromatic nitrogens is 2. The molecule has 104 valence electrons. The van der Waals surface area contributed by atoms with E-state index < -0.39 is 23.3 Å². The van der Waals surface area contributed by atoms with Gasteiger partial charge in [-0.05, 0) is 13.0 Å². The maximum Gasteiger partial charge on any atom is 0.406 e. The van der Waals surface area contributed by atoms with Gasteiger partial charge in [-0.1, -0.05) is 0 Å². The lowest BCUT2D eigenvalue weighted by molar-refractivity contribution is -0.253. The van der Waals surface area contributed by atoms with Crippen molar-refractivity contribution in [3.05, 3.63) is 10.0 Å². The summed E-state index contributed by atoms with van der Waals surface area (Å²) in [5.41, 5.74) is 5.18. The van der Waals surface area contributed by atoms with E-state index in [4.69, 9.17) is 5.73 Å². The molecule has 0 radical (unpaired) electrons. The molecule has 0 unspecified atom stereocenters. The number of rotatable bonds is 4. The van der Waals surface area contributed by atoms with Crippen molar-refractivity contribution in [1.29, 1.82) is 0 Å². The second kappa shape index (κ2) is 5.39. The molecule has 0 atom stereocenters. The molecular weight excluding hydrogens is 284 g/mol. The summed E-state index contributed by atoms with van der Waals surface area (Å²) in [5, 5.41) is 5.34. The fraction of sp³-hybridized carbons (Fsp3) is 0.750. The molecule has 1 aromatic heterocycles. The standard InChI is InChI=1S/C8H9F6N3S/c9-7(10,11)5(8(12,13)14)6-17-16-4(18-6)2-1-3-15/h5H,1-3,15H2. The van der Waals surface area contributed by atoms with E-state index >= 15 is 0 Å². The number of halogens is 6. The third-order valence-corrected chi connectivity index (χ3v) is 3.03. The maximum absolute atomic E-state index is 12.4. The van der Waals surface area contributed by atoms with Crippen LogP contribution in [0.1, 0.15) is 22.4 Å². The van der Waals surface area contributed by atoms with Crippen LogP contribution >= 0.6 is 11.3 Å². The summed E-state index contributed by atoms with van der Waals surface area (Å²) in [6, 6.07) is 0. The lowest BCUT2D eigenvalue weighted by atomic mass is 10.1. The Balaban J connectivity index is 2.97. The first kappa shape index (κ1) is 15.2. The number of nitrogens with zero attached hydrogens (tertiary/aromatic N) is 2. The molecule has 18 heavy (non-hydrogen) atoms. The Hall–Kier alpha value is -0.900. The fourth-order valence-corrected chi connectivity index (χ4v) is 2.24. The SMILES string of the molecule is NCCCc1nnc(C(C(F)(F)F)C(F)(F)F)s1. The van der Waals surface area contributed by atoms with Crippen LogP contribution in [-0.4, -0.2) is 29.1 Å². The van der Waals surface area contributed by atoms with Crippen LogP contribution in [0, 0.1) is 0 Å². The summed E-state index contributed by atoms with van der Waals surface area (Å²) in [7, 11) is 0. The summed E-state index contributed by atoms with van der Waals surface area (Å²) < 4.78 is 74.2. The highest BCUT2D eigenvalue weighted by Gasteiger charge is 2.59. The second-order valence-electron chi connectivity index (χ2n) is 3.44. The van der Waals surface area contributed by atoms with Crippen molar-refractivity contribution < 1.29 is 26.3 Å². The van der Waals surface area contributed by atoms with E-state index in [9.17, 15) is 26.3 Å². The Bertz CT molecular complexity index is 371. The molecule has 1 aromatic rings. The Morgan fingerprint density at radius 1 is 1.06 bits per heavy atom. The summed E-state index contributed by atoms with van der Waals surface area (Å²) in [6.45, 7) is 0.275. The lowest BCUT2D eigenvalue weighted by Gasteiger charge is -2.20. The highest BCUT2D eigenvalue weighted by Crippen LogP contribution is 2.46. The minimum Gasteiger partial charge on any atom is -0.330 e. The Morgan fingerprint density at radius 2 is 1.61 bits per heavy atom. The van der Waals surface area contributed by atoms with Crippen LogP contribution in [0.15, 0.2) is 0 Å². The summed E-state index contributed by atoms with van der Waals surface area (Å²) in [6.07, 6.45) is -10.2. The molecule has 3 nitrogen and oxygen atoms in total. The molecule has 0 aliphatic heterocycles. The van der Waals surface area contributed by atoms with Crippen LogP contribution < -0.4 is 5.73 Å². The zero-order chi connectivity index (χ0) is 14.0. The Kier molecular flexibility index (Phi) is 4.54. The van der Waals surface area contributed by atoms with Crippen molar-refractivity contribution in [1.82, 2.24) is 10.2 Å². The zero-order valence-electron chi connectivity index (χ0n) is 8.85. The topological polar surface area (TPSA) is 51.8 Å². The largest absolute Gasteiger partial charge is 0.406 e. The van der Waals surface area contributed by atoms with Gasteiger partial charge in [0, 0.05) is 6.42 Å². The molecule has 1 rings (SSSR count). The maximum atomic E-state index is 12.4. The Labute approximate surface area is 102 Å². The van der Waals surface area contributed by atoms with Crippen molar-refractivity contribution in [2.24, 2.45) is 5.73 Å². The summed E-state index contributed by atoms with van der Waals surface area (Å²) >= 11 is 0.317. The molecule has 0 aliphatic carbocycles. The molecule has 2 N–H and O–H groups in total. The normalized spacial score (nSPS) is 13.3. The molecule has 0 amide bonds. The molecule has 0 saturated carbocycles. The van der Waals surface area contributed by atoms with Crippen LogP contribution in [0.3, 0.4) is 0 Å². The highest BCUT2D eigenvalue weighted by molar-refractivity contribution is 7.11. The van der Waals surface area contributed by atoms with E-state index in [0.29, 0.717) is 17.8 Å². The number of hydrogen-bond donors (Lipinski definition) is 1. The van der Waals surface area contributed by atoms with Crippen LogP contribution in [0.5, 0.6) is 0 Å². The average Bonchev–Trinajstić information content (AvgIpc) is 2.58. The number of nitrogens with two attached hydrogens (primary N) is 1. The number of alkyl halides is 6. The summed E-state index contributed by atoms with van der Waals surface area (Å²) in [5.74, 6) is -3.57. The van der Waals surface area contributed by atoms with Gasteiger partial charge >= 0.3 is 12.4 Å². The number of hydrogen-bond acceptors (Lipinski definition) is 4. The van der Waals surface area contributed by atoms with Crippen molar-refractivity contribution in [2.75, 3.05) is 6.54 Å². The predicted molar refractivity (Wildman–Crippen MR) is 52.1 cm³/mol. The minimum absolute atomic E-state index is 0.119. The molecule has 0 aliphatic rings. The molecule has 0 saturated heterocycles. The van der Waals surface area contributed by atoms with Crippen LogP contribution in [0.2, 0.25) is 0 Å². The van der Waals surface area contributed by atoms with E-state index in [1.165, 1.54) is 0 Å². The molecule has 0 spiro atoms. The van der Waals surface area contributed by atoms with Gasteiger partial charge < -0.3 is 5.73 Å². The first-order chi connectivity index (χ1) is 8.16. The fourth-order valence-electron chi connectivity index (χ4n) is 1.20. The molecule has 0 aromatic carbocycles. The average molecular weight is 293 g/mol.